The zero-order chi connectivity index (χ0) is 16.4. The van der Waals surface area contributed by atoms with Crippen molar-refractivity contribution in [3.63, 3.8) is 0 Å². The summed E-state index contributed by atoms with van der Waals surface area (Å²) in [4.78, 5) is 0. The van der Waals surface area contributed by atoms with Crippen molar-refractivity contribution in [3.8, 4) is 23.0 Å². The van der Waals surface area contributed by atoms with Gasteiger partial charge in [0, 0.05) is 12.0 Å². The highest BCUT2D eigenvalue weighted by Gasteiger charge is 2.17. The Morgan fingerprint density at radius 1 is 0.750 bits per heavy atom. The van der Waals surface area contributed by atoms with Crippen LogP contribution in [-0.2, 0) is 6.42 Å². The Hall–Kier alpha value is -2.40. The first kappa shape index (κ1) is 15.1. The van der Waals surface area contributed by atoms with E-state index in [9.17, 15) is 0 Å². The Kier molecular flexibility index (Phi) is 4.17. The Morgan fingerprint density at radius 2 is 1.33 bits per heavy atom. The van der Waals surface area contributed by atoms with E-state index in [2.05, 4.69) is 30.0 Å². The van der Waals surface area contributed by atoms with E-state index >= 15 is 0 Å². The fourth-order valence-corrected chi connectivity index (χ4v) is 3.06. The Bertz CT molecular complexity index is 731. The average molecular weight is 328 g/mol. The molecule has 5 heteroatoms. The maximum absolute atomic E-state index is 5.66. The van der Waals surface area contributed by atoms with Crippen molar-refractivity contribution in [3.05, 3.63) is 47.5 Å². The predicted octanol–water partition coefficient (Wildman–Crippen LogP) is 2.14. The minimum absolute atomic E-state index is 0.203. The molecular weight excluding hydrogens is 306 g/mol. The van der Waals surface area contributed by atoms with Crippen LogP contribution in [-0.4, -0.2) is 26.4 Å². The van der Waals surface area contributed by atoms with Gasteiger partial charge in [-0.1, -0.05) is 6.07 Å². The minimum Gasteiger partial charge on any atom is -0.486 e. The topological polar surface area (TPSA) is 64.6 Å². The molecule has 0 bridgehead atoms. The molecule has 2 aromatic carbocycles. The first-order valence-electron chi connectivity index (χ1n) is 8.41. The molecule has 2 aliphatic heterocycles. The van der Waals surface area contributed by atoms with E-state index < -0.39 is 0 Å². The number of ether oxygens (including phenoxy) is 4. The van der Waals surface area contributed by atoms with Crippen LogP contribution < -0.4 is 24.7 Å². The molecule has 2 heterocycles. The van der Waals surface area contributed by atoms with Crippen molar-refractivity contribution in [2.75, 3.05) is 26.4 Å². The third kappa shape index (κ3) is 3.12. The second-order valence-corrected chi connectivity index (χ2v) is 6.12. The first-order valence-corrected chi connectivity index (χ1v) is 8.41. The van der Waals surface area contributed by atoms with Gasteiger partial charge in [-0.3, -0.25) is 0 Å². The highest BCUT2D eigenvalue weighted by Crippen LogP contribution is 2.34. The lowest BCUT2D eigenvalue weighted by Crippen LogP contribution is -2.53. The molecule has 0 amide bonds. The molecule has 3 N–H and O–H groups in total. The van der Waals surface area contributed by atoms with Crippen LogP contribution in [0, 0.1) is 0 Å². The SMILES string of the molecule is [NH3+][C@@H](CCc1ccc2c(c1)OCCO2)c1ccc2c(c1)OCCO2. The second-order valence-electron chi connectivity index (χ2n) is 6.12. The molecule has 0 saturated carbocycles. The van der Waals surface area contributed by atoms with Gasteiger partial charge in [0.25, 0.3) is 0 Å². The van der Waals surface area contributed by atoms with Crippen LogP contribution in [0.2, 0.25) is 0 Å². The predicted molar refractivity (Wildman–Crippen MR) is 88.8 cm³/mol. The van der Waals surface area contributed by atoms with Gasteiger partial charge in [-0.2, -0.15) is 0 Å². The lowest BCUT2D eigenvalue weighted by Gasteiger charge is -2.20. The maximum atomic E-state index is 5.66. The molecule has 0 spiro atoms. The highest BCUT2D eigenvalue weighted by molar-refractivity contribution is 5.45. The zero-order valence-corrected chi connectivity index (χ0v) is 13.6. The van der Waals surface area contributed by atoms with Gasteiger partial charge in [-0.05, 0) is 42.3 Å². The van der Waals surface area contributed by atoms with Gasteiger partial charge in [0.2, 0.25) is 0 Å². The van der Waals surface area contributed by atoms with Gasteiger partial charge in [-0.15, -0.1) is 0 Å². The molecule has 2 aromatic rings. The fraction of sp³-hybridized carbons (Fsp3) is 0.368. The third-order valence-corrected chi connectivity index (χ3v) is 4.43. The highest BCUT2D eigenvalue weighted by atomic mass is 16.6. The van der Waals surface area contributed by atoms with Crippen LogP contribution in [0.4, 0.5) is 0 Å². The Labute approximate surface area is 141 Å². The van der Waals surface area contributed by atoms with Gasteiger partial charge >= 0.3 is 0 Å². The van der Waals surface area contributed by atoms with Gasteiger partial charge in [0.05, 0.1) is 0 Å². The van der Waals surface area contributed by atoms with Gasteiger partial charge in [0.15, 0.2) is 23.0 Å². The van der Waals surface area contributed by atoms with Gasteiger partial charge < -0.3 is 24.7 Å². The van der Waals surface area contributed by atoms with Crippen LogP contribution in [0.1, 0.15) is 23.6 Å². The third-order valence-electron chi connectivity index (χ3n) is 4.43. The summed E-state index contributed by atoms with van der Waals surface area (Å²) >= 11 is 0. The average Bonchev–Trinajstić information content (AvgIpc) is 2.65. The summed E-state index contributed by atoms with van der Waals surface area (Å²) in [6.45, 7) is 2.46. The normalized spacial score (nSPS) is 16.5. The van der Waals surface area contributed by atoms with Crippen molar-refractivity contribution < 1.29 is 24.7 Å². The van der Waals surface area contributed by atoms with Crippen LogP contribution in [0.15, 0.2) is 36.4 Å². The molecule has 0 fully saturated rings. The summed E-state index contributed by atoms with van der Waals surface area (Å²) in [7, 11) is 0. The van der Waals surface area contributed by atoms with E-state index in [1.54, 1.807) is 0 Å². The molecule has 0 unspecified atom stereocenters. The lowest BCUT2D eigenvalue weighted by atomic mass is 9.99. The molecule has 0 saturated heterocycles. The van der Waals surface area contributed by atoms with E-state index in [1.165, 1.54) is 11.1 Å². The summed E-state index contributed by atoms with van der Waals surface area (Å²) in [5, 5.41) is 0. The molecule has 126 valence electrons. The zero-order valence-electron chi connectivity index (χ0n) is 13.6. The van der Waals surface area contributed by atoms with E-state index in [0.717, 1.165) is 35.8 Å². The summed E-state index contributed by atoms with van der Waals surface area (Å²) < 4.78 is 22.4. The van der Waals surface area contributed by atoms with Gasteiger partial charge in [-0.25, -0.2) is 0 Å². The number of hydrogen-bond acceptors (Lipinski definition) is 4. The van der Waals surface area contributed by atoms with E-state index in [4.69, 9.17) is 18.9 Å². The fourth-order valence-electron chi connectivity index (χ4n) is 3.06. The van der Waals surface area contributed by atoms with Crippen molar-refractivity contribution in [1.29, 1.82) is 0 Å². The van der Waals surface area contributed by atoms with Crippen molar-refractivity contribution in [2.24, 2.45) is 0 Å². The monoisotopic (exact) mass is 328 g/mol. The summed E-state index contributed by atoms with van der Waals surface area (Å²) in [6, 6.07) is 12.5. The second kappa shape index (κ2) is 6.61. The largest absolute Gasteiger partial charge is 0.486 e. The maximum Gasteiger partial charge on any atom is 0.161 e. The van der Waals surface area contributed by atoms with Crippen molar-refractivity contribution in [2.45, 2.75) is 18.9 Å². The van der Waals surface area contributed by atoms with Crippen LogP contribution in [0.3, 0.4) is 0 Å². The quantitative estimate of drug-likeness (QED) is 0.934. The molecule has 2 aliphatic rings. The number of aryl methyl sites for hydroxylation is 1. The van der Waals surface area contributed by atoms with Crippen LogP contribution in [0.25, 0.3) is 0 Å². The van der Waals surface area contributed by atoms with Crippen molar-refractivity contribution >= 4 is 0 Å². The smallest absolute Gasteiger partial charge is 0.161 e. The molecule has 5 nitrogen and oxygen atoms in total. The van der Waals surface area contributed by atoms with E-state index in [0.29, 0.717) is 26.4 Å². The van der Waals surface area contributed by atoms with Crippen LogP contribution >= 0.6 is 0 Å². The number of fused-ring (bicyclic) bond motifs is 2. The first-order chi connectivity index (χ1) is 11.8. The van der Waals surface area contributed by atoms with Crippen LogP contribution in [0.5, 0.6) is 23.0 Å². The Balaban J connectivity index is 1.42. The molecule has 0 aliphatic carbocycles. The minimum atomic E-state index is 0.203. The van der Waals surface area contributed by atoms with Gasteiger partial charge in [0.1, 0.15) is 32.5 Å². The molecule has 1 atom stereocenters. The molecule has 0 radical (unpaired) electrons. The number of benzene rings is 2. The molecule has 24 heavy (non-hydrogen) atoms. The van der Waals surface area contributed by atoms with E-state index in [-0.39, 0.29) is 6.04 Å². The molecule has 4 rings (SSSR count). The number of hydrogen-bond donors (Lipinski definition) is 1. The summed E-state index contributed by atoms with van der Waals surface area (Å²) in [5.41, 5.74) is 6.73. The molecular formula is C19H22NO4+. The summed E-state index contributed by atoms with van der Waals surface area (Å²) in [5.74, 6) is 3.33. The Morgan fingerprint density at radius 3 is 2.04 bits per heavy atom. The van der Waals surface area contributed by atoms with Crippen molar-refractivity contribution in [1.82, 2.24) is 0 Å². The summed E-state index contributed by atoms with van der Waals surface area (Å²) in [6.07, 6.45) is 1.90. The molecule has 0 aromatic heterocycles. The standard InChI is InChI=1S/C19H21NO4/c20-15(14-3-6-17-19(12-14)24-10-8-22-17)4-1-13-2-5-16-18(11-13)23-9-7-21-16/h2-3,5-6,11-12,15H,1,4,7-10,20H2/p+1/t15-/m0/s1. The number of quaternary nitrogens is 1. The number of rotatable bonds is 4. The van der Waals surface area contributed by atoms with E-state index in [1.807, 2.05) is 12.1 Å². The lowest BCUT2D eigenvalue weighted by molar-refractivity contribution is -0.427.